The van der Waals surface area contributed by atoms with E-state index in [0.29, 0.717) is 5.56 Å². The number of fused-ring (bicyclic) bond motifs is 1. The van der Waals surface area contributed by atoms with Crippen molar-refractivity contribution < 1.29 is 23.6 Å². The van der Waals surface area contributed by atoms with Crippen LogP contribution in [0.25, 0.3) is 10.8 Å². The monoisotopic (exact) mass is 369 g/mol. The number of nitro groups is 1. The zero-order valence-electron chi connectivity index (χ0n) is 14.6. The molecule has 1 atom stereocenters. The average Bonchev–Trinajstić information content (AvgIpc) is 2.66. The minimum absolute atomic E-state index is 0.414. The van der Waals surface area contributed by atoms with Crippen LogP contribution in [-0.4, -0.2) is 18.0 Å². The van der Waals surface area contributed by atoms with Crippen LogP contribution in [0.4, 0.5) is 10.1 Å². The van der Waals surface area contributed by atoms with Gasteiger partial charge in [0.25, 0.3) is 0 Å². The molecule has 0 N–H and O–H groups in total. The van der Waals surface area contributed by atoms with Gasteiger partial charge in [-0.1, -0.05) is 24.3 Å². The molecule has 0 saturated heterocycles. The third-order valence-electron chi connectivity index (χ3n) is 4.25. The topological polar surface area (TPSA) is 78.7 Å². The van der Waals surface area contributed by atoms with E-state index in [1.54, 1.807) is 20.1 Å². The maximum atomic E-state index is 13.4. The van der Waals surface area contributed by atoms with Gasteiger partial charge in [-0.15, -0.1) is 0 Å². The molecule has 6 nitrogen and oxygen atoms in total. The van der Waals surface area contributed by atoms with Crippen molar-refractivity contribution in [2.75, 3.05) is 7.11 Å². The SMILES string of the molecule is COc1ccc2cc([C@H](C)C(=O)Oc3cc(F)ccc3[N+](=O)[O-])ccc2c1. The molecule has 3 aromatic rings. The summed E-state index contributed by atoms with van der Waals surface area (Å²) in [5, 5.41) is 12.9. The number of benzene rings is 3. The van der Waals surface area contributed by atoms with Gasteiger partial charge in [0.1, 0.15) is 11.6 Å². The van der Waals surface area contributed by atoms with Crippen LogP contribution in [0.15, 0.2) is 54.6 Å². The molecule has 0 heterocycles. The Morgan fingerprint density at radius 3 is 2.48 bits per heavy atom. The Kier molecular flexibility index (Phi) is 5.03. The van der Waals surface area contributed by atoms with Crippen LogP contribution in [0, 0.1) is 15.9 Å². The first-order chi connectivity index (χ1) is 12.9. The minimum Gasteiger partial charge on any atom is -0.497 e. The van der Waals surface area contributed by atoms with Gasteiger partial charge in [-0.25, -0.2) is 4.39 Å². The lowest BCUT2D eigenvalue weighted by molar-refractivity contribution is -0.385. The molecule has 138 valence electrons. The molecule has 0 spiro atoms. The van der Waals surface area contributed by atoms with Gasteiger partial charge in [0.05, 0.1) is 18.0 Å². The molecule has 0 saturated carbocycles. The number of methoxy groups -OCH3 is 1. The summed E-state index contributed by atoms with van der Waals surface area (Å²) in [6.45, 7) is 1.62. The Bertz CT molecular complexity index is 1030. The zero-order chi connectivity index (χ0) is 19.6. The van der Waals surface area contributed by atoms with Crippen molar-refractivity contribution in [3.05, 3.63) is 76.1 Å². The summed E-state index contributed by atoms with van der Waals surface area (Å²) >= 11 is 0. The summed E-state index contributed by atoms with van der Waals surface area (Å²) in [4.78, 5) is 22.8. The number of ether oxygens (including phenoxy) is 2. The van der Waals surface area contributed by atoms with E-state index in [1.807, 2.05) is 30.3 Å². The highest BCUT2D eigenvalue weighted by Crippen LogP contribution is 2.30. The van der Waals surface area contributed by atoms with Crippen molar-refractivity contribution in [2.24, 2.45) is 0 Å². The second kappa shape index (κ2) is 7.41. The molecule has 0 amide bonds. The summed E-state index contributed by atoms with van der Waals surface area (Å²) in [5.74, 6) is -1.82. The largest absolute Gasteiger partial charge is 0.497 e. The van der Waals surface area contributed by atoms with Crippen LogP contribution in [0.5, 0.6) is 11.5 Å². The van der Waals surface area contributed by atoms with Crippen LogP contribution >= 0.6 is 0 Å². The van der Waals surface area contributed by atoms with Crippen molar-refractivity contribution in [3.8, 4) is 11.5 Å². The van der Waals surface area contributed by atoms with Gasteiger partial charge in [-0.2, -0.15) is 0 Å². The third kappa shape index (κ3) is 3.87. The smallest absolute Gasteiger partial charge is 0.318 e. The van der Waals surface area contributed by atoms with E-state index in [9.17, 15) is 19.3 Å². The first kappa shape index (κ1) is 18.3. The Morgan fingerprint density at radius 2 is 1.78 bits per heavy atom. The summed E-state index contributed by atoms with van der Waals surface area (Å²) in [7, 11) is 1.58. The normalized spacial score (nSPS) is 11.8. The fraction of sp³-hybridized carbons (Fsp3) is 0.150. The summed E-state index contributed by atoms with van der Waals surface area (Å²) in [6, 6.07) is 13.7. The number of nitro benzene ring substituents is 1. The molecule has 3 rings (SSSR count). The van der Waals surface area contributed by atoms with Gasteiger partial charge >= 0.3 is 11.7 Å². The number of halogens is 1. The molecule has 0 radical (unpaired) electrons. The van der Waals surface area contributed by atoms with Gasteiger partial charge in [0, 0.05) is 12.1 Å². The number of nitrogens with zero attached hydrogens (tertiary/aromatic N) is 1. The van der Waals surface area contributed by atoms with Gasteiger partial charge in [-0.3, -0.25) is 14.9 Å². The molecule has 0 aromatic heterocycles. The fourth-order valence-electron chi connectivity index (χ4n) is 2.69. The molecule has 3 aromatic carbocycles. The molecular weight excluding hydrogens is 353 g/mol. The summed E-state index contributed by atoms with van der Waals surface area (Å²) in [5.41, 5.74) is 0.208. The first-order valence-electron chi connectivity index (χ1n) is 8.12. The van der Waals surface area contributed by atoms with Crippen molar-refractivity contribution >= 4 is 22.4 Å². The number of carbonyl (C=O) groups excluding carboxylic acids is 1. The number of esters is 1. The van der Waals surface area contributed by atoms with Crippen molar-refractivity contribution in [1.29, 1.82) is 0 Å². The lowest BCUT2D eigenvalue weighted by Crippen LogP contribution is -2.17. The predicted octanol–water partition coefficient (Wildman–Crippen LogP) is 4.60. The van der Waals surface area contributed by atoms with Gasteiger partial charge in [0.2, 0.25) is 5.75 Å². The first-order valence-corrected chi connectivity index (χ1v) is 8.12. The van der Waals surface area contributed by atoms with Crippen molar-refractivity contribution in [1.82, 2.24) is 0 Å². The Balaban J connectivity index is 1.86. The number of hydrogen-bond donors (Lipinski definition) is 0. The van der Waals surface area contributed by atoms with Crippen LogP contribution in [0.3, 0.4) is 0 Å². The summed E-state index contributed by atoms with van der Waals surface area (Å²) in [6.07, 6.45) is 0. The maximum absolute atomic E-state index is 13.4. The van der Waals surface area contributed by atoms with Crippen LogP contribution in [0.1, 0.15) is 18.4 Å². The quantitative estimate of drug-likeness (QED) is 0.284. The van der Waals surface area contributed by atoms with Crippen molar-refractivity contribution in [2.45, 2.75) is 12.8 Å². The molecule has 27 heavy (non-hydrogen) atoms. The predicted molar refractivity (Wildman–Crippen MR) is 97.6 cm³/mol. The number of rotatable bonds is 5. The van der Waals surface area contributed by atoms with E-state index in [4.69, 9.17) is 9.47 Å². The molecule has 7 heteroatoms. The lowest BCUT2D eigenvalue weighted by atomic mass is 9.98. The molecule has 0 bridgehead atoms. The molecule has 0 aliphatic rings. The molecule has 0 aliphatic heterocycles. The van der Waals surface area contributed by atoms with E-state index in [2.05, 4.69) is 0 Å². The standard InChI is InChI=1S/C20H16FNO5/c1-12(13-3-4-15-10-17(26-2)7-5-14(15)9-13)20(23)27-19-11-16(21)6-8-18(19)22(24)25/h3-12H,1-2H3/t12-/m0/s1. The average molecular weight is 369 g/mol. The second-order valence-corrected chi connectivity index (χ2v) is 5.98. The fourth-order valence-corrected chi connectivity index (χ4v) is 2.69. The van der Waals surface area contributed by atoms with E-state index in [1.165, 1.54) is 0 Å². The van der Waals surface area contributed by atoms with Crippen LogP contribution in [-0.2, 0) is 4.79 Å². The zero-order valence-corrected chi connectivity index (χ0v) is 14.6. The highest BCUT2D eigenvalue weighted by molar-refractivity contribution is 5.87. The highest BCUT2D eigenvalue weighted by Gasteiger charge is 2.23. The minimum atomic E-state index is -0.726. The van der Waals surface area contributed by atoms with E-state index in [-0.39, 0.29) is 0 Å². The third-order valence-corrected chi connectivity index (χ3v) is 4.25. The second-order valence-electron chi connectivity index (χ2n) is 5.98. The van der Waals surface area contributed by atoms with Gasteiger partial charge in [-0.05, 0) is 41.5 Å². The van der Waals surface area contributed by atoms with E-state index < -0.39 is 34.1 Å². The van der Waals surface area contributed by atoms with Gasteiger partial charge in [0.15, 0.2) is 0 Å². The lowest BCUT2D eigenvalue weighted by Gasteiger charge is -2.13. The molecule has 0 aliphatic carbocycles. The Morgan fingerprint density at radius 1 is 1.07 bits per heavy atom. The molecule has 0 fully saturated rings. The molecular formula is C20H16FNO5. The van der Waals surface area contributed by atoms with Crippen LogP contribution in [0.2, 0.25) is 0 Å². The maximum Gasteiger partial charge on any atom is 0.318 e. The highest BCUT2D eigenvalue weighted by atomic mass is 19.1. The van der Waals surface area contributed by atoms with Crippen molar-refractivity contribution in [3.63, 3.8) is 0 Å². The van der Waals surface area contributed by atoms with Crippen LogP contribution < -0.4 is 9.47 Å². The Hall–Kier alpha value is -3.48. The van der Waals surface area contributed by atoms with Gasteiger partial charge < -0.3 is 9.47 Å². The molecule has 0 unspecified atom stereocenters. The number of carbonyl (C=O) groups is 1. The Labute approximate surface area is 154 Å². The van der Waals surface area contributed by atoms with E-state index >= 15 is 0 Å². The number of hydrogen-bond acceptors (Lipinski definition) is 5. The summed E-state index contributed by atoms with van der Waals surface area (Å²) < 4.78 is 23.7. The van der Waals surface area contributed by atoms with E-state index in [0.717, 1.165) is 34.7 Å².